The smallest absolute Gasteiger partial charge is 0.208 e. The number of nitrogens with one attached hydrogen (secondary N) is 1. The lowest BCUT2D eigenvalue weighted by Crippen LogP contribution is -2.22. The summed E-state index contributed by atoms with van der Waals surface area (Å²) in [4.78, 5) is 10.0. The van der Waals surface area contributed by atoms with E-state index in [2.05, 4.69) is 17.2 Å². The van der Waals surface area contributed by atoms with E-state index < -0.39 is 0 Å². The van der Waals surface area contributed by atoms with E-state index in [1.54, 1.807) is 0 Å². The molecule has 1 amide bonds. The maximum absolute atomic E-state index is 10.0. The van der Waals surface area contributed by atoms with Crippen molar-refractivity contribution in [3.63, 3.8) is 0 Å². The molecule has 0 fully saturated rings. The number of hydrogen-bond acceptors (Lipinski definition) is 1. The maximum Gasteiger partial charge on any atom is 0.208 e. The standard InChI is InChI=1S/C11H11NO/c1-10(12-9-13)7-8-11-5-3-2-4-6-11/h2-6,9-10H,1H3,(H,12,13)/t10-/m0/s1. The predicted molar refractivity (Wildman–Crippen MR) is 52.0 cm³/mol. The molecule has 1 N–H and O–H groups in total. The SMILES string of the molecule is C[C@@H](C#Cc1ccccc1)NC=O. The summed E-state index contributed by atoms with van der Waals surface area (Å²) in [5.41, 5.74) is 0.960. The highest BCUT2D eigenvalue weighted by molar-refractivity contribution is 5.48. The van der Waals surface area contributed by atoms with Crippen LogP contribution in [-0.2, 0) is 4.79 Å². The number of amides is 1. The molecule has 1 rings (SSSR count). The normalized spacial score (nSPS) is 10.8. The summed E-state index contributed by atoms with van der Waals surface area (Å²) in [6.07, 6.45) is 0.657. The van der Waals surface area contributed by atoms with Gasteiger partial charge in [0.2, 0.25) is 6.41 Å². The van der Waals surface area contributed by atoms with Gasteiger partial charge in [-0.05, 0) is 19.1 Å². The first-order valence-corrected chi connectivity index (χ1v) is 4.09. The molecule has 1 aromatic rings. The van der Waals surface area contributed by atoms with Gasteiger partial charge >= 0.3 is 0 Å². The maximum atomic E-state index is 10.0. The Morgan fingerprint density at radius 2 is 2.08 bits per heavy atom. The zero-order valence-electron chi connectivity index (χ0n) is 7.45. The summed E-state index contributed by atoms with van der Waals surface area (Å²) >= 11 is 0. The summed E-state index contributed by atoms with van der Waals surface area (Å²) in [7, 11) is 0. The molecule has 0 bridgehead atoms. The van der Waals surface area contributed by atoms with Crippen molar-refractivity contribution in [3.05, 3.63) is 35.9 Å². The van der Waals surface area contributed by atoms with Gasteiger partial charge in [0.15, 0.2) is 0 Å². The molecule has 0 aliphatic heterocycles. The summed E-state index contributed by atoms with van der Waals surface area (Å²) in [6, 6.07) is 9.57. The first kappa shape index (κ1) is 9.34. The highest BCUT2D eigenvalue weighted by Gasteiger charge is 1.90. The van der Waals surface area contributed by atoms with Gasteiger partial charge in [-0.15, -0.1) is 0 Å². The van der Waals surface area contributed by atoms with Crippen molar-refractivity contribution in [3.8, 4) is 11.8 Å². The van der Waals surface area contributed by atoms with Crippen LogP contribution in [0.2, 0.25) is 0 Å². The fourth-order valence-corrected chi connectivity index (χ4v) is 0.857. The van der Waals surface area contributed by atoms with E-state index in [9.17, 15) is 4.79 Å². The molecule has 1 aromatic carbocycles. The molecular weight excluding hydrogens is 162 g/mol. The van der Waals surface area contributed by atoms with E-state index >= 15 is 0 Å². The van der Waals surface area contributed by atoms with Crippen molar-refractivity contribution < 1.29 is 4.79 Å². The fourth-order valence-electron chi connectivity index (χ4n) is 0.857. The lowest BCUT2D eigenvalue weighted by atomic mass is 10.2. The van der Waals surface area contributed by atoms with Crippen LogP contribution < -0.4 is 5.32 Å². The minimum atomic E-state index is -0.0993. The van der Waals surface area contributed by atoms with Gasteiger partial charge in [0.1, 0.15) is 0 Å². The van der Waals surface area contributed by atoms with E-state index in [-0.39, 0.29) is 6.04 Å². The van der Waals surface area contributed by atoms with Crippen LogP contribution in [0.4, 0.5) is 0 Å². The molecule has 0 aliphatic carbocycles. The van der Waals surface area contributed by atoms with E-state index in [0.29, 0.717) is 6.41 Å². The van der Waals surface area contributed by atoms with Crippen LogP contribution >= 0.6 is 0 Å². The van der Waals surface area contributed by atoms with Crippen molar-refractivity contribution in [2.45, 2.75) is 13.0 Å². The minimum Gasteiger partial charge on any atom is -0.345 e. The highest BCUT2D eigenvalue weighted by atomic mass is 16.1. The summed E-state index contributed by atoms with van der Waals surface area (Å²) in [6.45, 7) is 1.84. The van der Waals surface area contributed by atoms with Crippen molar-refractivity contribution >= 4 is 6.41 Å². The van der Waals surface area contributed by atoms with Gasteiger partial charge in [-0.3, -0.25) is 4.79 Å². The predicted octanol–water partition coefficient (Wildman–Crippen LogP) is 1.17. The molecule has 2 nitrogen and oxygen atoms in total. The Labute approximate surface area is 78.0 Å². The molecule has 0 saturated heterocycles. The van der Waals surface area contributed by atoms with Gasteiger partial charge in [0, 0.05) is 5.56 Å². The molecule has 0 aromatic heterocycles. The van der Waals surface area contributed by atoms with Gasteiger partial charge in [0.05, 0.1) is 6.04 Å². The first-order valence-electron chi connectivity index (χ1n) is 4.09. The number of carbonyl (C=O) groups excluding carboxylic acids is 1. The lowest BCUT2D eigenvalue weighted by molar-refractivity contribution is -0.109. The minimum absolute atomic E-state index is 0.0993. The van der Waals surface area contributed by atoms with Crippen LogP contribution in [0.15, 0.2) is 30.3 Å². The van der Waals surface area contributed by atoms with Crippen LogP contribution in [0, 0.1) is 11.8 Å². The Kier molecular flexibility index (Phi) is 3.59. The van der Waals surface area contributed by atoms with Crippen molar-refractivity contribution in [1.29, 1.82) is 0 Å². The van der Waals surface area contributed by atoms with E-state index in [1.165, 1.54) is 0 Å². The molecule has 1 atom stereocenters. The Hall–Kier alpha value is -1.75. The van der Waals surface area contributed by atoms with Gasteiger partial charge in [-0.1, -0.05) is 30.0 Å². The second-order valence-corrected chi connectivity index (χ2v) is 2.64. The number of hydrogen-bond donors (Lipinski definition) is 1. The average molecular weight is 173 g/mol. The van der Waals surface area contributed by atoms with Crippen LogP contribution in [0.5, 0.6) is 0 Å². The van der Waals surface area contributed by atoms with E-state index in [0.717, 1.165) is 5.56 Å². The Morgan fingerprint density at radius 3 is 2.69 bits per heavy atom. The van der Waals surface area contributed by atoms with Crippen LogP contribution in [0.3, 0.4) is 0 Å². The molecule has 0 spiro atoms. The zero-order chi connectivity index (χ0) is 9.52. The van der Waals surface area contributed by atoms with Crippen LogP contribution in [-0.4, -0.2) is 12.5 Å². The molecule has 66 valence electrons. The first-order chi connectivity index (χ1) is 6.33. The quantitative estimate of drug-likeness (QED) is 0.528. The van der Waals surface area contributed by atoms with Crippen molar-refractivity contribution in [2.75, 3.05) is 0 Å². The number of benzene rings is 1. The van der Waals surface area contributed by atoms with Crippen molar-refractivity contribution in [1.82, 2.24) is 5.32 Å². The monoisotopic (exact) mass is 173 g/mol. The van der Waals surface area contributed by atoms with Crippen molar-refractivity contribution in [2.24, 2.45) is 0 Å². The van der Waals surface area contributed by atoms with Gasteiger partial charge in [-0.25, -0.2) is 0 Å². The van der Waals surface area contributed by atoms with Gasteiger partial charge in [0.25, 0.3) is 0 Å². The van der Waals surface area contributed by atoms with Gasteiger partial charge in [-0.2, -0.15) is 0 Å². The van der Waals surface area contributed by atoms with E-state index in [1.807, 2.05) is 37.3 Å². The second kappa shape index (κ2) is 5.00. The Bertz CT molecular complexity index is 321. The second-order valence-electron chi connectivity index (χ2n) is 2.64. The topological polar surface area (TPSA) is 29.1 Å². The molecule has 13 heavy (non-hydrogen) atoms. The molecule has 0 unspecified atom stereocenters. The van der Waals surface area contributed by atoms with Crippen LogP contribution in [0.25, 0.3) is 0 Å². The van der Waals surface area contributed by atoms with Crippen LogP contribution in [0.1, 0.15) is 12.5 Å². The Balaban J connectivity index is 2.62. The third-order valence-electron chi connectivity index (χ3n) is 1.52. The molecule has 0 radical (unpaired) electrons. The summed E-state index contributed by atoms with van der Waals surface area (Å²) < 4.78 is 0. The third kappa shape index (κ3) is 3.44. The largest absolute Gasteiger partial charge is 0.345 e. The third-order valence-corrected chi connectivity index (χ3v) is 1.52. The Morgan fingerprint density at radius 1 is 1.38 bits per heavy atom. The molecule has 0 aliphatic rings. The molecule has 0 heterocycles. The molecular formula is C11H11NO. The molecule has 0 saturated carbocycles. The zero-order valence-corrected chi connectivity index (χ0v) is 7.45. The van der Waals surface area contributed by atoms with Gasteiger partial charge < -0.3 is 5.32 Å². The summed E-state index contributed by atoms with van der Waals surface area (Å²) in [5, 5.41) is 2.56. The highest BCUT2D eigenvalue weighted by Crippen LogP contribution is 1.94. The lowest BCUT2D eigenvalue weighted by Gasteiger charge is -1.98. The fraction of sp³-hybridized carbons (Fsp3) is 0.182. The summed E-state index contributed by atoms with van der Waals surface area (Å²) in [5.74, 6) is 5.87. The number of carbonyl (C=O) groups is 1. The number of rotatable bonds is 2. The average Bonchev–Trinajstić information content (AvgIpc) is 2.17. The van der Waals surface area contributed by atoms with E-state index in [4.69, 9.17) is 0 Å². The molecule has 2 heteroatoms.